The van der Waals surface area contributed by atoms with E-state index in [1.807, 2.05) is 42.7 Å². The predicted octanol–water partition coefficient (Wildman–Crippen LogP) is 2.77. The van der Waals surface area contributed by atoms with Crippen LogP contribution >= 0.6 is 11.6 Å². The number of hydrogen-bond acceptors (Lipinski definition) is 6. The van der Waals surface area contributed by atoms with Crippen molar-refractivity contribution in [2.45, 2.75) is 52.3 Å². The lowest BCUT2D eigenvalue weighted by atomic mass is 10.1. The summed E-state index contributed by atoms with van der Waals surface area (Å²) in [4.78, 5) is 14.8. The zero-order valence-corrected chi connectivity index (χ0v) is 17.9. The van der Waals surface area contributed by atoms with Crippen LogP contribution in [0.15, 0.2) is 28.8 Å². The number of aliphatic hydroxyl groups excluding tert-OH is 1. The van der Waals surface area contributed by atoms with Crippen molar-refractivity contribution in [3.63, 3.8) is 0 Å². The topological polar surface area (TPSA) is 97.3 Å². The van der Waals surface area contributed by atoms with Gasteiger partial charge in [-0.3, -0.25) is 4.79 Å². The smallest absolute Gasteiger partial charge is 0.227 e. The number of benzene rings is 1. The molecule has 8 nitrogen and oxygen atoms in total. The summed E-state index contributed by atoms with van der Waals surface area (Å²) in [5.74, 6) is 1.97. The summed E-state index contributed by atoms with van der Waals surface area (Å²) >= 11 is 6.00. The lowest BCUT2D eigenvalue weighted by Gasteiger charge is -2.24. The average Bonchev–Trinajstić information content (AvgIpc) is 3.37. The van der Waals surface area contributed by atoms with Crippen molar-refractivity contribution >= 4 is 17.5 Å². The SMILES string of the molecule is Cc1noc(C)c1CC(=O)N1CC(O)CC1c1nnc(C)n1Cc1ccc(Cl)cc1. The van der Waals surface area contributed by atoms with Crippen LogP contribution in [0.25, 0.3) is 0 Å². The zero-order valence-electron chi connectivity index (χ0n) is 17.2. The van der Waals surface area contributed by atoms with Crippen LogP contribution in [-0.4, -0.2) is 48.5 Å². The molecule has 30 heavy (non-hydrogen) atoms. The van der Waals surface area contributed by atoms with E-state index >= 15 is 0 Å². The Balaban J connectivity index is 1.60. The molecule has 2 aromatic heterocycles. The second-order valence-corrected chi connectivity index (χ2v) is 8.19. The van der Waals surface area contributed by atoms with Crippen molar-refractivity contribution in [3.05, 3.63) is 63.5 Å². The third-order valence-corrected chi connectivity index (χ3v) is 5.88. The quantitative estimate of drug-likeness (QED) is 0.669. The number of rotatable bonds is 5. The number of aromatic nitrogens is 4. The van der Waals surface area contributed by atoms with Crippen molar-refractivity contribution in [1.29, 1.82) is 0 Å². The van der Waals surface area contributed by atoms with Crippen LogP contribution in [0.5, 0.6) is 0 Å². The van der Waals surface area contributed by atoms with Gasteiger partial charge in [-0.1, -0.05) is 28.9 Å². The van der Waals surface area contributed by atoms with E-state index in [1.54, 1.807) is 11.8 Å². The molecule has 4 rings (SSSR count). The van der Waals surface area contributed by atoms with E-state index < -0.39 is 6.10 Å². The number of halogens is 1. The minimum Gasteiger partial charge on any atom is -0.391 e. The average molecular weight is 430 g/mol. The monoisotopic (exact) mass is 429 g/mol. The second kappa shape index (κ2) is 8.20. The predicted molar refractivity (Wildman–Crippen MR) is 110 cm³/mol. The molecule has 1 fully saturated rings. The van der Waals surface area contributed by atoms with E-state index in [0.717, 1.165) is 17.0 Å². The third-order valence-electron chi connectivity index (χ3n) is 5.62. The summed E-state index contributed by atoms with van der Waals surface area (Å²) in [7, 11) is 0. The standard InChI is InChI=1S/C21H24ClN5O3/c1-12-18(13(2)30-25-12)9-20(29)27-11-17(28)8-19(27)21-24-23-14(3)26(21)10-15-4-6-16(22)7-5-15/h4-7,17,19,28H,8-11H2,1-3H3. The minimum absolute atomic E-state index is 0.0929. The number of aryl methyl sites for hydroxylation is 3. The molecular weight excluding hydrogens is 406 g/mol. The van der Waals surface area contributed by atoms with Crippen LogP contribution in [0, 0.1) is 20.8 Å². The molecule has 0 aliphatic carbocycles. The van der Waals surface area contributed by atoms with Gasteiger partial charge in [0.15, 0.2) is 5.82 Å². The Morgan fingerprint density at radius 1 is 1.23 bits per heavy atom. The molecule has 1 saturated heterocycles. The van der Waals surface area contributed by atoms with Crippen molar-refractivity contribution < 1.29 is 14.4 Å². The maximum absolute atomic E-state index is 13.1. The molecule has 2 atom stereocenters. The van der Waals surface area contributed by atoms with Crippen LogP contribution < -0.4 is 0 Å². The highest BCUT2D eigenvalue weighted by molar-refractivity contribution is 6.30. The Morgan fingerprint density at radius 2 is 1.97 bits per heavy atom. The van der Waals surface area contributed by atoms with Gasteiger partial charge in [0.1, 0.15) is 11.6 Å². The third kappa shape index (κ3) is 3.97. The first kappa shape index (κ1) is 20.6. The van der Waals surface area contributed by atoms with E-state index in [9.17, 15) is 9.90 Å². The fraction of sp³-hybridized carbons (Fsp3) is 0.429. The number of carbonyl (C=O) groups excluding carboxylic acids is 1. The van der Waals surface area contributed by atoms with E-state index in [-0.39, 0.29) is 24.9 Å². The first-order chi connectivity index (χ1) is 14.3. The van der Waals surface area contributed by atoms with Crippen LogP contribution in [0.2, 0.25) is 5.02 Å². The molecule has 1 aromatic carbocycles. The first-order valence-corrected chi connectivity index (χ1v) is 10.2. The van der Waals surface area contributed by atoms with Crippen molar-refractivity contribution in [3.8, 4) is 0 Å². The summed E-state index contributed by atoms with van der Waals surface area (Å²) in [6.07, 6.45) is -0.00885. The molecule has 3 aromatic rings. The molecule has 9 heteroatoms. The van der Waals surface area contributed by atoms with Crippen LogP contribution in [-0.2, 0) is 17.8 Å². The van der Waals surface area contributed by atoms with Crippen LogP contribution in [0.4, 0.5) is 0 Å². The van der Waals surface area contributed by atoms with Gasteiger partial charge in [0.25, 0.3) is 0 Å². The molecule has 3 heterocycles. The summed E-state index contributed by atoms with van der Waals surface area (Å²) in [5, 5.41) is 23.5. The summed E-state index contributed by atoms with van der Waals surface area (Å²) < 4.78 is 7.17. The number of likely N-dealkylation sites (tertiary alicyclic amines) is 1. The molecule has 0 saturated carbocycles. The summed E-state index contributed by atoms with van der Waals surface area (Å²) in [6.45, 7) is 6.32. The maximum atomic E-state index is 13.1. The zero-order chi connectivity index (χ0) is 21.4. The maximum Gasteiger partial charge on any atom is 0.227 e. The van der Waals surface area contributed by atoms with E-state index in [2.05, 4.69) is 15.4 Å². The van der Waals surface area contributed by atoms with Crippen LogP contribution in [0.1, 0.15) is 46.7 Å². The molecular formula is C21H24ClN5O3. The molecule has 1 amide bonds. The van der Waals surface area contributed by atoms with Crippen molar-refractivity contribution in [2.24, 2.45) is 0 Å². The van der Waals surface area contributed by atoms with Gasteiger partial charge < -0.3 is 19.1 Å². The van der Waals surface area contributed by atoms with Gasteiger partial charge in [-0.05, 0) is 38.5 Å². The number of nitrogens with zero attached hydrogens (tertiary/aromatic N) is 5. The fourth-order valence-corrected chi connectivity index (χ4v) is 4.08. The molecule has 0 radical (unpaired) electrons. The van der Waals surface area contributed by atoms with E-state index in [0.29, 0.717) is 35.3 Å². The lowest BCUT2D eigenvalue weighted by molar-refractivity contribution is -0.131. The number of β-amino-alcohol motifs (C(OH)–C–C–N with tert-alkyl or cyclic N) is 1. The van der Waals surface area contributed by atoms with Gasteiger partial charge in [0, 0.05) is 23.6 Å². The molecule has 1 N–H and O–H groups in total. The normalized spacial score (nSPS) is 18.9. The van der Waals surface area contributed by atoms with Crippen molar-refractivity contribution in [2.75, 3.05) is 6.54 Å². The van der Waals surface area contributed by atoms with Crippen molar-refractivity contribution in [1.82, 2.24) is 24.8 Å². The lowest BCUT2D eigenvalue weighted by Crippen LogP contribution is -2.34. The number of hydrogen-bond donors (Lipinski definition) is 1. The van der Waals surface area contributed by atoms with Gasteiger partial charge in [-0.2, -0.15) is 0 Å². The molecule has 1 aliphatic heterocycles. The molecule has 2 unspecified atom stereocenters. The first-order valence-electron chi connectivity index (χ1n) is 9.87. The summed E-state index contributed by atoms with van der Waals surface area (Å²) in [6, 6.07) is 7.25. The Labute approximate surface area is 179 Å². The Morgan fingerprint density at radius 3 is 2.63 bits per heavy atom. The molecule has 0 bridgehead atoms. The summed E-state index contributed by atoms with van der Waals surface area (Å²) in [5.41, 5.74) is 2.55. The highest BCUT2D eigenvalue weighted by atomic mass is 35.5. The number of aliphatic hydroxyl groups is 1. The Hall–Kier alpha value is -2.71. The van der Waals surface area contributed by atoms with E-state index in [4.69, 9.17) is 16.1 Å². The largest absolute Gasteiger partial charge is 0.391 e. The van der Waals surface area contributed by atoms with Gasteiger partial charge in [0.2, 0.25) is 5.91 Å². The van der Waals surface area contributed by atoms with E-state index in [1.165, 1.54) is 0 Å². The Bertz CT molecular complexity index is 1040. The van der Waals surface area contributed by atoms with Gasteiger partial charge in [-0.15, -0.1) is 10.2 Å². The minimum atomic E-state index is -0.607. The highest BCUT2D eigenvalue weighted by Crippen LogP contribution is 2.33. The second-order valence-electron chi connectivity index (χ2n) is 7.75. The number of carbonyl (C=O) groups is 1. The highest BCUT2D eigenvalue weighted by Gasteiger charge is 2.38. The van der Waals surface area contributed by atoms with Gasteiger partial charge in [0.05, 0.1) is 30.8 Å². The van der Waals surface area contributed by atoms with Gasteiger partial charge >= 0.3 is 0 Å². The van der Waals surface area contributed by atoms with Gasteiger partial charge in [-0.25, -0.2) is 0 Å². The number of amides is 1. The fourth-order valence-electron chi connectivity index (χ4n) is 3.95. The molecule has 158 valence electrons. The molecule has 1 aliphatic rings. The Kier molecular flexibility index (Phi) is 5.62. The molecule has 0 spiro atoms. The van der Waals surface area contributed by atoms with Crippen LogP contribution in [0.3, 0.4) is 0 Å².